The fraction of sp³-hybridized carbons (Fsp3) is 0.200. The third-order valence-electron chi connectivity index (χ3n) is 2.32. The molecule has 0 saturated carbocycles. The summed E-state index contributed by atoms with van der Waals surface area (Å²) in [5, 5.41) is 0. The molecule has 4 nitrogen and oxygen atoms in total. The highest BCUT2D eigenvalue weighted by Gasteiger charge is 2.21. The summed E-state index contributed by atoms with van der Waals surface area (Å²) in [5.74, 6) is 0. The number of carbonyl (C=O) groups is 1. The Bertz CT molecular complexity index is 400. The van der Waals surface area contributed by atoms with Crippen LogP contribution < -0.4 is 5.73 Å². The number of aliphatic imine (C=N–C) groups is 1. The maximum Gasteiger partial charge on any atom is 0.147 e. The summed E-state index contributed by atoms with van der Waals surface area (Å²) >= 11 is 0. The smallest absolute Gasteiger partial charge is 0.147 e. The van der Waals surface area contributed by atoms with Gasteiger partial charge in [-0.15, -0.1) is 0 Å². The molecular formula is C10H11N3O. The Balaban J connectivity index is 2.56. The second-order valence-electron chi connectivity index (χ2n) is 3.31. The highest BCUT2D eigenvalue weighted by molar-refractivity contribution is 5.78. The van der Waals surface area contributed by atoms with E-state index in [2.05, 4.69) is 4.99 Å². The number of hydrogen-bond acceptors (Lipinski definition) is 4. The zero-order valence-corrected chi connectivity index (χ0v) is 7.84. The Morgan fingerprint density at radius 1 is 1.57 bits per heavy atom. The second kappa shape index (κ2) is 3.14. The highest BCUT2D eigenvalue weighted by Crippen LogP contribution is 2.32. The lowest BCUT2D eigenvalue weighted by Gasteiger charge is -2.26. The lowest BCUT2D eigenvalue weighted by Crippen LogP contribution is -2.26. The summed E-state index contributed by atoms with van der Waals surface area (Å²) in [4.78, 5) is 16.9. The Kier molecular flexibility index (Phi) is 1.96. The summed E-state index contributed by atoms with van der Waals surface area (Å²) in [7, 11) is 1.81. The topological polar surface area (TPSA) is 58.7 Å². The molecule has 4 heteroatoms. The Morgan fingerprint density at radius 2 is 2.36 bits per heavy atom. The molecule has 0 amide bonds. The van der Waals surface area contributed by atoms with Gasteiger partial charge < -0.3 is 15.4 Å². The number of rotatable bonds is 1. The number of hydrogen-bond donors (Lipinski definition) is 1. The number of fused-ring (bicyclic) bond motifs is 1. The number of anilines is 1. The first-order chi connectivity index (χ1) is 6.72. The summed E-state index contributed by atoms with van der Waals surface area (Å²) in [6.07, 6.45) is 2.54. The van der Waals surface area contributed by atoms with Crippen molar-refractivity contribution in [1.29, 1.82) is 0 Å². The number of nitrogens with zero attached hydrogens (tertiary/aromatic N) is 2. The van der Waals surface area contributed by atoms with Gasteiger partial charge in [-0.1, -0.05) is 0 Å². The van der Waals surface area contributed by atoms with Crippen LogP contribution in [0.4, 0.5) is 11.4 Å². The molecule has 0 fully saturated rings. The van der Waals surface area contributed by atoms with Crippen molar-refractivity contribution in [1.82, 2.24) is 4.90 Å². The van der Waals surface area contributed by atoms with Crippen LogP contribution in [-0.4, -0.2) is 24.6 Å². The van der Waals surface area contributed by atoms with Crippen LogP contribution in [0.15, 0.2) is 23.2 Å². The molecule has 2 N–H and O–H groups in total. The van der Waals surface area contributed by atoms with E-state index < -0.39 is 0 Å². The predicted molar refractivity (Wildman–Crippen MR) is 55.6 cm³/mol. The van der Waals surface area contributed by atoms with Crippen molar-refractivity contribution in [2.75, 3.05) is 12.8 Å². The van der Waals surface area contributed by atoms with Gasteiger partial charge in [0.05, 0.1) is 12.0 Å². The first kappa shape index (κ1) is 8.74. The third-order valence-corrected chi connectivity index (χ3v) is 2.32. The van der Waals surface area contributed by atoms with Crippen LogP contribution >= 0.6 is 0 Å². The number of nitrogen functional groups attached to an aromatic ring is 1. The fourth-order valence-corrected chi connectivity index (χ4v) is 1.54. The lowest BCUT2D eigenvalue weighted by atomic mass is 10.0. The molecule has 1 aliphatic heterocycles. The molecule has 72 valence electrons. The SMILES string of the molecule is CN1C=Nc2ccc(N)cc2C1C=O. The van der Waals surface area contributed by atoms with Gasteiger partial charge in [0.2, 0.25) is 0 Å². The standard InChI is InChI=1S/C10H11N3O/c1-13-6-12-9-3-2-7(11)4-8(9)10(13)5-14/h2-6,10H,11H2,1H3. The van der Waals surface area contributed by atoms with Gasteiger partial charge in [-0.05, 0) is 18.2 Å². The van der Waals surface area contributed by atoms with Gasteiger partial charge in [0.25, 0.3) is 0 Å². The molecule has 0 radical (unpaired) electrons. The molecule has 1 aromatic carbocycles. The molecule has 1 atom stereocenters. The number of nitrogens with two attached hydrogens (primary N) is 1. The van der Waals surface area contributed by atoms with Crippen molar-refractivity contribution >= 4 is 24.0 Å². The lowest BCUT2D eigenvalue weighted by molar-refractivity contribution is -0.111. The Hall–Kier alpha value is -1.84. The van der Waals surface area contributed by atoms with E-state index in [0.29, 0.717) is 5.69 Å². The maximum atomic E-state index is 10.9. The van der Waals surface area contributed by atoms with Crippen LogP contribution in [0.5, 0.6) is 0 Å². The molecule has 14 heavy (non-hydrogen) atoms. The van der Waals surface area contributed by atoms with E-state index in [1.165, 1.54) is 0 Å². The van der Waals surface area contributed by atoms with Gasteiger partial charge in [-0.3, -0.25) is 0 Å². The van der Waals surface area contributed by atoms with Gasteiger partial charge in [-0.25, -0.2) is 4.99 Å². The van der Waals surface area contributed by atoms with Crippen molar-refractivity contribution in [2.45, 2.75) is 6.04 Å². The minimum atomic E-state index is -0.272. The molecular weight excluding hydrogens is 178 g/mol. The Morgan fingerprint density at radius 3 is 3.07 bits per heavy atom. The molecule has 1 aromatic rings. The third kappa shape index (κ3) is 1.25. The van der Waals surface area contributed by atoms with Gasteiger partial charge >= 0.3 is 0 Å². The number of likely N-dealkylation sites (N-methyl/N-ethyl adjacent to an activating group) is 1. The van der Waals surface area contributed by atoms with E-state index in [1.807, 2.05) is 13.1 Å². The first-order valence-electron chi connectivity index (χ1n) is 4.33. The van der Waals surface area contributed by atoms with Crippen molar-refractivity contribution in [3.8, 4) is 0 Å². The molecule has 1 heterocycles. The van der Waals surface area contributed by atoms with Crippen LogP contribution in [0.1, 0.15) is 11.6 Å². The van der Waals surface area contributed by atoms with Crippen LogP contribution in [0.3, 0.4) is 0 Å². The number of carbonyl (C=O) groups excluding carboxylic acids is 1. The van der Waals surface area contributed by atoms with Crippen molar-refractivity contribution in [3.05, 3.63) is 23.8 Å². The average molecular weight is 189 g/mol. The van der Waals surface area contributed by atoms with Crippen LogP contribution in [0.25, 0.3) is 0 Å². The average Bonchev–Trinajstić information content (AvgIpc) is 2.17. The van der Waals surface area contributed by atoms with E-state index >= 15 is 0 Å². The van der Waals surface area contributed by atoms with Gasteiger partial charge in [0, 0.05) is 18.3 Å². The summed E-state index contributed by atoms with van der Waals surface area (Å²) in [5.41, 5.74) is 7.99. The van der Waals surface area contributed by atoms with Crippen molar-refractivity contribution in [3.63, 3.8) is 0 Å². The van der Waals surface area contributed by atoms with Crippen LogP contribution in [-0.2, 0) is 4.79 Å². The van der Waals surface area contributed by atoms with E-state index in [9.17, 15) is 4.79 Å². The normalized spacial score (nSPS) is 19.2. The summed E-state index contributed by atoms with van der Waals surface area (Å²) in [6.45, 7) is 0. The number of aldehydes is 1. The molecule has 0 bridgehead atoms. The van der Waals surface area contributed by atoms with Crippen LogP contribution in [0.2, 0.25) is 0 Å². The second-order valence-corrected chi connectivity index (χ2v) is 3.31. The van der Waals surface area contributed by atoms with Crippen LogP contribution in [0, 0.1) is 0 Å². The van der Waals surface area contributed by atoms with Gasteiger partial charge in [-0.2, -0.15) is 0 Å². The summed E-state index contributed by atoms with van der Waals surface area (Å²) < 4.78 is 0. The molecule has 0 aromatic heterocycles. The summed E-state index contributed by atoms with van der Waals surface area (Å²) in [6, 6.07) is 5.13. The van der Waals surface area contributed by atoms with E-state index in [0.717, 1.165) is 17.5 Å². The zero-order chi connectivity index (χ0) is 10.1. The zero-order valence-electron chi connectivity index (χ0n) is 7.84. The van der Waals surface area contributed by atoms with E-state index in [-0.39, 0.29) is 6.04 Å². The molecule has 1 unspecified atom stereocenters. The number of benzene rings is 1. The monoisotopic (exact) mass is 189 g/mol. The maximum absolute atomic E-state index is 10.9. The largest absolute Gasteiger partial charge is 0.399 e. The molecule has 0 aliphatic carbocycles. The fourth-order valence-electron chi connectivity index (χ4n) is 1.54. The molecule has 0 saturated heterocycles. The molecule has 2 rings (SSSR count). The van der Waals surface area contributed by atoms with Gasteiger partial charge in [0.1, 0.15) is 12.3 Å². The van der Waals surface area contributed by atoms with Crippen molar-refractivity contribution < 1.29 is 4.79 Å². The first-order valence-corrected chi connectivity index (χ1v) is 4.33. The van der Waals surface area contributed by atoms with E-state index in [4.69, 9.17) is 5.73 Å². The Labute approximate surface area is 82.0 Å². The highest BCUT2D eigenvalue weighted by atomic mass is 16.1. The quantitative estimate of drug-likeness (QED) is 0.532. The minimum absolute atomic E-state index is 0.272. The van der Waals surface area contributed by atoms with E-state index in [1.54, 1.807) is 23.4 Å². The molecule has 0 spiro atoms. The minimum Gasteiger partial charge on any atom is -0.399 e. The van der Waals surface area contributed by atoms with Crippen molar-refractivity contribution in [2.24, 2.45) is 4.99 Å². The molecule has 1 aliphatic rings. The van der Waals surface area contributed by atoms with Gasteiger partial charge in [0.15, 0.2) is 0 Å². The predicted octanol–water partition coefficient (Wildman–Crippen LogP) is 1.11.